The third-order valence-electron chi connectivity index (χ3n) is 5.44. The van der Waals surface area contributed by atoms with E-state index < -0.39 is 0 Å². The summed E-state index contributed by atoms with van der Waals surface area (Å²) < 4.78 is 5.96. The number of hydrogen-bond acceptors (Lipinski definition) is 3. The first-order valence-electron chi connectivity index (χ1n) is 9.48. The van der Waals surface area contributed by atoms with Gasteiger partial charge in [0.1, 0.15) is 5.75 Å². The Morgan fingerprint density at radius 3 is 2.50 bits per heavy atom. The van der Waals surface area contributed by atoms with Crippen LogP contribution in [0.15, 0.2) is 24.3 Å². The van der Waals surface area contributed by atoms with Gasteiger partial charge in [-0.15, -0.1) is 0 Å². The maximum atomic E-state index is 12.3. The molecule has 0 bridgehead atoms. The first-order chi connectivity index (χ1) is 11.7. The van der Waals surface area contributed by atoms with Crippen molar-refractivity contribution in [1.29, 1.82) is 0 Å². The van der Waals surface area contributed by atoms with Gasteiger partial charge in [0.15, 0.2) is 0 Å². The van der Waals surface area contributed by atoms with Crippen LogP contribution in [0, 0.1) is 11.8 Å². The van der Waals surface area contributed by atoms with E-state index in [1.165, 1.54) is 25.7 Å². The number of ether oxygens (including phenoxy) is 1. The van der Waals surface area contributed by atoms with Crippen molar-refractivity contribution in [1.82, 2.24) is 5.32 Å². The number of amides is 1. The number of carbonyl (C=O) groups is 1. The van der Waals surface area contributed by atoms with Crippen molar-refractivity contribution in [3.63, 3.8) is 0 Å². The van der Waals surface area contributed by atoms with Crippen LogP contribution in [0.2, 0.25) is 0 Å². The first kappa shape index (κ1) is 17.3. The molecule has 0 spiro atoms. The summed E-state index contributed by atoms with van der Waals surface area (Å²) in [6.45, 7) is 4.37. The lowest BCUT2D eigenvalue weighted by atomic mass is 9.84. The number of piperidine rings is 1. The van der Waals surface area contributed by atoms with E-state index in [0.29, 0.717) is 24.4 Å². The molecule has 2 fully saturated rings. The standard InChI is InChI=1S/C20H30N2O2/c1-15(16-10-12-21-13-11-16)14-20(23)22-17-6-8-19(9-7-17)24-18-4-2-3-5-18/h6-9,15-16,18,21H,2-5,10-14H2,1H3,(H,22,23). The minimum atomic E-state index is 0.116. The monoisotopic (exact) mass is 330 g/mol. The summed E-state index contributed by atoms with van der Waals surface area (Å²) in [5, 5.41) is 6.40. The topological polar surface area (TPSA) is 50.4 Å². The summed E-state index contributed by atoms with van der Waals surface area (Å²) in [7, 11) is 0. The third-order valence-corrected chi connectivity index (χ3v) is 5.44. The van der Waals surface area contributed by atoms with Gasteiger partial charge in [-0.2, -0.15) is 0 Å². The zero-order valence-electron chi connectivity index (χ0n) is 14.7. The highest BCUT2D eigenvalue weighted by atomic mass is 16.5. The van der Waals surface area contributed by atoms with Gasteiger partial charge >= 0.3 is 0 Å². The van der Waals surface area contributed by atoms with Crippen LogP contribution in [0.25, 0.3) is 0 Å². The molecular formula is C20H30N2O2. The van der Waals surface area contributed by atoms with Crippen molar-refractivity contribution in [2.45, 2.75) is 58.0 Å². The van der Waals surface area contributed by atoms with Crippen LogP contribution in [-0.4, -0.2) is 25.1 Å². The largest absolute Gasteiger partial charge is 0.490 e. The molecular weight excluding hydrogens is 300 g/mol. The second kappa shape index (κ2) is 8.52. The summed E-state index contributed by atoms with van der Waals surface area (Å²) >= 11 is 0. The van der Waals surface area contributed by atoms with Crippen LogP contribution < -0.4 is 15.4 Å². The molecule has 1 unspecified atom stereocenters. The molecule has 3 rings (SSSR count). The van der Waals surface area contributed by atoms with E-state index in [0.717, 1.165) is 37.4 Å². The number of benzene rings is 1. The van der Waals surface area contributed by atoms with Gasteiger partial charge in [-0.05, 0) is 87.7 Å². The molecule has 1 amide bonds. The van der Waals surface area contributed by atoms with Crippen molar-refractivity contribution in [2.75, 3.05) is 18.4 Å². The fourth-order valence-electron chi connectivity index (χ4n) is 3.90. The van der Waals surface area contributed by atoms with Gasteiger partial charge in [-0.1, -0.05) is 6.92 Å². The van der Waals surface area contributed by atoms with Crippen molar-refractivity contribution in [2.24, 2.45) is 11.8 Å². The molecule has 1 saturated heterocycles. The number of hydrogen-bond donors (Lipinski definition) is 2. The van der Waals surface area contributed by atoms with Crippen LogP contribution in [-0.2, 0) is 4.79 Å². The van der Waals surface area contributed by atoms with Gasteiger partial charge in [0.25, 0.3) is 0 Å². The lowest BCUT2D eigenvalue weighted by Crippen LogP contribution is -2.32. The molecule has 0 aromatic heterocycles. The summed E-state index contributed by atoms with van der Waals surface area (Å²) in [6.07, 6.45) is 8.20. The molecule has 2 N–H and O–H groups in total. The van der Waals surface area contributed by atoms with Crippen molar-refractivity contribution >= 4 is 11.6 Å². The van der Waals surface area contributed by atoms with E-state index in [9.17, 15) is 4.79 Å². The SMILES string of the molecule is CC(CC(=O)Nc1ccc(OC2CCCC2)cc1)C1CCNCC1. The Kier molecular flexibility index (Phi) is 6.13. The Morgan fingerprint density at radius 1 is 1.17 bits per heavy atom. The van der Waals surface area contributed by atoms with E-state index in [-0.39, 0.29) is 5.91 Å². The van der Waals surface area contributed by atoms with Crippen molar-refractivity contribution in [3.05, 3.63) is 24.3 Å². The second-order valence-corrected chi connectivity index (χ2v) is 7.37. The highest BCUT2D eigenvalue weighted by Crippen LogP contribution is 2.26. The van der Waals surface area contributed by atoms with E-state index >= 15 is 0 Å². The van der Waals surface area contributed by atoms with Gasteiger partial charge < -0.3 is 15.4 Å². The lowest BCUT2D eigenvalue weighted by Gasteiger charge is -2.27. The Labute approximate surface area is 145 Å². The zero-order chi connectivity index (χ0) is 16.8. The molecule has 4 heteroatoms. The Hall–Kier alpha value is -1.55. The van der Waals surface area contributed by atoms with E-state index in [1.807, 2.05) is 24.3 Å². The Balaban J connectivity index is 1.45. The lowest BCUT2D eigenvalue weighted by molar-refractivity contribution is -0.117. The Morgan fingerprint density at radius 2 is 1.83 bits per heavy atom. The highest BCUT2D eigenvalue weighted by molar-refractivity contribution is 5.90. The minimum Gasteiger partial charge on any atom is -0.490 e. The Bertz CT molecular complexity index is 517. The predicted octanol–water partition coefficient (Wildman–Crippen LogP) is 3.97. The average Bonchev–Trinajstić information content (AvgIpc) is 3.10. The average molecular weight is 330 g/mol. The minimum absolute atomic E-state index is 0.116. The molecule has 1 aromatic rings. The van der Waals surface area contributed by atoms with Crippen LogP contribution in [0.3, 0.4) is 0 Å². The maximum Gasteiger partial charge on any atom is 0.224 e. The van der Waals surface area contributed by atoms with Gasteiger partial charge in [-0.3, -0.25) is 4.79 Å². The van der Waals surface area contributed by atoms with Crippen molar-refractivity contribution < 1.29 is 9.53 Å². The smallest absolute Gasteiger partial charge is 0.224 e. The molecule has 1 atom stereocenters. The molecule has 4 nitrogen and oxygen atoms in total. The van der Waals surface area contributed by atoms with Crippen LogP contribution in [0.1, 0.15) is 51.9 Å². The number of anilines is 1. The first-order valence-corrected chi connectivity index (χ1v) is 9.48. The third kappa shape index (κ3) is 4.97. The molecule has 1 aliphatic carbocycles. The fraction of sp³-hybridized carbons (Fsp3) is 0.650. The summed E-state index contributed by atoms with van der Waals surface area (Å²) in [5.41, 5.74) is 0.858. The summed E-state index contributed by atoms with van der Waals surface area (Å²) in [6, 6.07) is 7.81. The van der Waals surface area contributed by atoms with Crippen molar-refractivity contribution in [3.8, 4) is 5.75 Å². The molecule has 2 aliphatic rings. The van der Waals surface area contributed by atoms with Gasteiger partial charge in [0.2, 0.25) is 5.91 Å². The maximum absolute atomic E-state index is 12.3. The van der Waals surface area contributed by atoms with Crippen LogP contribution in [0.5, 0.6) is 5.75 Å². The summed E-state index contributed by atoms with van der Waals surface area (Å²) in [5.74, 6) is 2.13. The highest BCUT2D eigenvalue weighted by Gasteiger charge is 2.22. The molecule has 1 saturated carbocycles. The fourth-order valence-corrected chi connectivity index (χ4v) is 3.90. The molecule has 1 heterocycles. The normalized spacial score (nSPS) is 20.7. The predicted molar refractivity (Wildman–Crippen MR) is 97.3 cm³/mol. The van der Waals surface area contributed by atoms with Crippen LogP contribution >= 0.6 is 0 Å². The van der Waals surface area contributed by atoms with Gasteiger partial charge in [0.05, 0.1) is 6.10 Å². The molecule has 24 heavy (non-hydrogen) atoms. The molecule has 0 radical (unpaired) electrons. The quantitative estimate of drug-likeness (QED) is 0.830. The second-order valence-electron chi connectivity index (χ2n) is 7.37. The zero-order valence-corrected chi connectivity index (χ0v) is 14.7. The molecule has 132 valence electrons. The number of nitrogens with one attached hydrogen (secondary N) is 2. The van der Waals surface area contributed by atoms with Gasteiger partial charge in [0, 0.05) is 12.1 Å². The van der Waals surface area contributed by atoms with Gasteiger partial charge in [-0.25, -0.2) is 0 Å². The van der Waals surface area contributed by atoms with E-state index in [1.54, 1.807) is 0 Å². The molecule has 1 aliphatic heterocycles. The number of rotatable bonds is 6. The van der Waals surface area contributed by atoms with Crippen LogP contribution in [0.4, 0.5) is 5.69 Å². The van der Waals surface area contributed by atoms with E-state index in [2.05, 4.69) is 17.6 Å². The molecule has 1 aromatic carbocycles. The number of carbonyl (C=O) groups excluding carboxylic acids is 1. The van der Waals surface area contributed by atoms with E-state index in [4.69, 9.17) is 4.74 Å². The summed E-state index contributed by atoms with van der Waals surface area (Å²) in [4.78, 5) is 12.3.